The number of thioether (sulfide) groups is 1. The third-order valence-electron chi connectivity index (χ3n) is 4.41. The van der Waals surface area contributed by atoms with E-state index in [4.69, 9.17) is 0 Å². The standard InChI is InChI=1S/C17H25NS/c1-17(2,9-10-18-14-7-8-14)11-13-12-19-16-6-4-3-5-15(13)16/h3-6,13-14,18H,7-12H2,1-2H3. The van der Waals surface area contributed by atoms with E-state index in [1.807, 2.05) is 11.8 Å². The van der Waals surface area contributed by atoms with Crippen LogP contribution in [0.3, 0.4) is 0 Å². The van der Waals surface area contributed by atoms with Crippen LogP contribution in [0.5, 0.6) is 0 Å². The third-order valence-corrected chi connectivity index (χ3v) is 5.66. The summed E-state index contributed by atoms with van der Waals surface area (Å²) in [5.41, 5.74) is 2.04. The SMILES string of the molecule is CC(C)(CCNC1CC1)CC1CSc2ccccc21. The van der Waals surface area contributed by atoms with Gasteiger partial charge in [-0.1, -0.05) is 32.0 Å². The summed E-state index contributed by atoms with van der Waals surface area (Å²) in [6.45, 7) is 6.07. The first-order chi connectivity index (χ1) is 9.14. The third kappa shape index (κ3) is 3.55. The van der Waals surface area contributed by atoms with Gasteiger partial charge in [-0.25, -0.2) is 0 Å². The maximum atomic E-state index is 3.65. The monoisotopic (exact) mass is 275 g/mol. The second kappa shape index (κ2) is 5.49. The van der Waals surface area contributed by atoms with Crippen molar-refractivity contribution in [3.63, 3.8) is 0 Å². The van der Waals surface area contributed by atoms with Gasteiger partial charge in [0.25, 0.3) is 0 Å². The lowest BCUT2D eigenvalue weighted by Crippen LogP contribution is -2.25. The highest BCUT2D eigenvalue weighted by atomic mass is 32.2. The lowest BCUT2D eigenvalue weighted by atomic mass is 9.78. The lowest BCUT2D eigenvalue weighted by molar-refractivity contribution is 0.284. The van der Waals surface area contributed by atoms with Gasteiger partial charge < -0.3 is 5.32 Å². The van der Waals surface area contributed by atoms with Crippen molar-refractivity contribution in [2.24, 2.45) is 5.41 Å². The molecule has 1 aromatic rings. The van der Waals surface area contributed by atoms with Crippen LogP contribution in [0.2, 0.25) is 0 Å². The van der Waals surface area contributed by atoms with E-state index < -0.39 is 0 Å². The number of hydrogen-bond acceptors (Lipinski definition) is 2. The Labute approximate surface area is 121 Å². The second-order valence-corrected chi connectivity index (χ2v) is 7.95. The zero-order valence-corrected chi connectivity index (χ0v) is 12.9. The average molecular weight is 275 g/mol. The van der Waals surface area contributed by atoms with Gasteiger partial charge in [0.15, 0.2) is 0 Å². The molecular weight excluding hydrogens is 250 g/mol. The molecule has 1 aromatic carbocycles. The van der Waals surface area contributed by atoms with E-state index in [0.717, 1.165) is 12.0 Å². The van der Waals surface area contributed by atoms with Gasteiger partial charge in [-0.15, -0.1) is 11.8 Å². The molecule has 2 heteroatoms. The first-order valence-electron chi connectivity index (χ1n) is 7.59. The molecule has 1 aliphatic heterocycles. The summed E-state index contributed by atoms with van der Waals surface area (Å²) in [6.07, 6.45) is 5.41. The molecule has 1 N–H and O–H groups in total. The van der Waals surface area contributed by atoms with Crippen LogP contribution >= 0.6 is 11.8 Å². The number of hydrogen-bond donors (Lipinski definition) is 1. The minimum atomic E-state index is 0.449. The van der Waals surface area contributed by atoms with Crippen molar-refractivity contribution in [2.75, 3.05) is 12.3 Å². The number of nitrogens with one attached hydrogen (secondary N) is 1. The molecule has 1 atom stereocenters. The van der Waals surface area contributed by atoms with Gasteiger partial charge >= 0.3 is 0 Å². The fourth-order valence-corrected chi connectivity index (χ4v) is 4.32. The zero-order chi connectivity index (χ0) is 13.3. The van der Waals surface area contributed by atoms with E-state index in [2.05, 4.69) is 43.4 Å². The van der Waals surface area contributed by atoms with Gasteiger partial charge in [-0.3, -0.25) is 0 Å². The van der Waals surface area contributed by atoms with E-state index in [9.17, 15) is 0 Å². The molecule has 19 heavy (non-hydrogen) atoms. The normalized spacial score (nSPS) is 22.5. The van der Waals surface area contributed by atoms with Crippen molar-refractivity contribution in [1.29, 1.82) is 0 Å². The maximum Gasteiger partial charge on any atom is 0.0107 e. The maximum absolute atomic E-state index is 3.65. The highest BCUT2D eigenvalue weighted by Crippen LogP contribution is 2.45. The van der Waals surface area contributed by atoms with Gasteiger partial charge in [-0.2, -0.15) is 0 Å². The van der Waals surface area contributed by atoms with E-state index in [1.54, 1.807) is 5.56 Å². The molecule has 3 rings (SSSR count). The van der Waals surface area contributed by atoms with Gasteiger partial charge in [0.05, 0.1) is 0 Å². The molecule has 104 valence electrons. The molecule has 0 amide bonds. The van der Waals surface area contributed by atoms with Crippen LogP contribution in [0.15, 0.2) is 29.2 Å². The summed E-state index contributed by atoms with van der Waals surface area (Å²) in [7, 11) is 0. The molecule has 0 spiro atoms. The van der Waals surface area contributed by atoms with Crippen LogP contribution in [-0.4, -0.2) is 18.3 Å². The molecule has 1 aliphatic carbocycles. The van der Waals surface area contributed by atoms with Gasteiger partial charge in [-0.05, 0) is 55.2 Å². The minimum Gasteiger partial charge on any atom is -0.314 e. The van der Waals surface area contributed by atoms with Crippen LogP contribution in [0, 0.1) is 5.41 Å². The zero-order valence-electron chi connectivity index (χ0n) is 12.1. The summed E-state index contributed by atoms with van der Waals surface area (Å²) >= 11 is 2.04. The smallest absolute Gasteiger partial charge is 0.0107 e. The molecular formula is C17H25NS. The topological polar surface area (TPSA) is 12.0 Å². The van der Waals surface area contributed by atoms with E-state index >= 15 is 0 Å². The molecule has 0 aromatic heterocycles. The van der Waals surface area contributed by atoms with Gasteiger partial charge in [0, 0.05) is 16.7 Å². The highest BCUT2D eigenvalue weighted by molar-refractivity contribution is 7.99. The summed E-state index contributed by atoms with van der Waals surface area (Å²) in [6, 6.07) is 9.82. The fourth-order valence-electron chi connectivity index (χ4n) is 3.07. The van der Waals surface area contributed by atoms with Crippen molar-refractivity contribution in [2.45, 2.75) is 56.4 Å². The van der Waals surface area contributed by atoms with Crippen molar-refractivity contribution >= 4 is 11.8 Å². The van der Waals surface area contributed by atoms with Crippen molar-refractivity contribution in [1.82, 2.24) is 5.32 Å². The molecule has 1 fully saturated rings. The van der Waals surface area contributed by atoms with Crippen molar-refractivity contribution < 1.29 is 0 Å². The summed E-state index contributed by atoms with van der Waals surface area (Å²) in [5.74, 6) is 2.04. The molecule has 1 saturated carbocycles. The molecule has 1 nitrogen and oxygen atoms in total. The average Bonchev–Trinajstić information content (AvgIpc) is 3.11. The van der Waals surface area contributed by atoms with Crippen LogP contribution in [0.25, 0.3) is 0 Å². The molecule has 0 saturated heterocycles. The summed E-state index contributed by atoms with van der Waals surface area (Å²) in [5, 5.41) is 3.65. The first kappa shape index (κ1) is 13.5. The minimum absolute atomic E-state index is 0.449. The van der Waals surface area contributed by atoms with Crippen LogP contribution in [0.1, 0.15) is 51.0 Å². The Kier molecular flexibility index (Phi) is 3.91. The van der Waals surface area contributed by atoms with Gasteiger partial charge in [0.1, 0.15) is 0 Å². The second-order valence-electron chi connectivity index (χ2n) is 6.89. The molecule has 1 heterocycles. The predicted molar refractivity (Wildman–Crippen MR) is 83.9 cm³/mol. The Balaban J connectivity index is 1.55. The molecule has 1 unspecified atom stereocenters. The number of benzene rings is 1. The van der Waals surface area contributed by atoms with E-state index in [1.165, 1.54) is 42.9 Å². The largest absolute Gasteiger partial charge is 0.314 e. The lowest BCUT2D eigenvalue weighted by Gasteiger charge is -2.28. The summed E-state index contributed by atoms with van der Waals surface area (Å²) < 4.78 is 0. The first-order valence-corrected chi connectivity index (χ1v) is 8.58. The Morgan fingerprint density at radius 3 is 2.84 bits per heavy atom. The Morgan fingerprint density at radius 2 is 2.05 bits per heavy atom. The molecule has 0 radical (unpaired) electrons. The number of fused-ring (bicyclic) bond motifs is 1. The predicted octanol–water partition coefficient (Wildman–Crippen LogP) is 4.43. The number of rotatable bonds is 6. The van der Waals surface area contributed by atoms with Gasteiger partial charge in [0.2, 0.25) is 0 Å². The van der Waals surface area contributed by atoms with Crippen LogP contribution < -0.4 is 5.32 Å². The van der Waals surface area contributed by atoms with Crippen LogP contribution in [0.4, 0.5) is 0 Å². The Bertz CT molecular complexity index is 437. The Hall–Kier alpha value is -0.470. The Morgan fingerprint density at radius 1 is 1.26 bits per heavy atom. The fraction of sp³-hybridized carbons (Fsp3) is 0.647. The molecule has 2 aliphatic rings. The van der Waals surface area contributed by atoms with Crippen molar-refractivity contribution in [3.8, 4) is 0 Å². The van der Waals surface area contributed by atoms with E-state index in [-0.39, 0.29) is 0 Å². The van der Waals surface area contributed by atoms with Crippen molar-refractivity contribution in [3.05, 3.63) is 29.8 Å². The summed E-state index contributed by atoms with van der Waals surface area (Å²) in [4.78, 5) is 1.51. The highest BCUT2D eigenvalue weighted by Gasteiger charge is 2.30. The van der Waals surface area contributed by atoms with Crippen LogP contribution in [-0.2, 0) is 0 Å². The van der Waals surface area contributed by atoms with E-state index in [0.29, 0.717) is 5.41 Å². The quantitative estimate of drug-likeness (QED) is 0.824. The molecule has 0 bridgehead atoms.